The maximum absolute atomic E-state index is 12.1. The molecule has 0 aromatic heterocycles. The molecule has 4 nitrogen and oxygen atoms in total. The van der Waals surface area contributed by atoms with Crippen molar-refractivity contribution in [3.8, 4) is 0 Å². The second-order valence-electron chi connectivity index (χ2n) is 4.10. The van der Waals surface area contributed by atoms with Crippen LogP contribution in [0.5, 0.6) is 0 Å². The summed E-state index contributed by atoms with van der Waals surface area (Å²) in [6.07, 6.45) is 1.34. The summed E-state index contributed by atoms with van der Waals surface area (Å²) in [5, 5.41) is 2.87. The summed E-state index contributed by atoms with van der Waals surface area (Å²) in [7, 11) is -3.25. The minimum Gasteiger partial charge on any atom is -0.317 e. The van der Waals surface area contributed by atoms with Crippen molar-refractivity contribution < 1.29 is 8.42 Å². The molecule has 17 heavy (non-hydrogen) atoms. The van der Waals surface area contributed by atoms with E-state index in [1.807, 2.05) is 12.1 Å². The first kappa shape index (κ1) is 12.9. The van der Waals surface area contributed by atoms with E-state index in [0.717, 1.165) is 17.6 Å². The molecule has 1 aliphatic heterocycles. The van der Waals surface area contributed by atoms with E-state index in [1.165, 1.54) is 0 Å². The van der Waals surface area contributed by atoms with Gasteiger partial charge in [0, 0.05) is 10.2 Å². The molecule has 0 unspecified atom stereocenters. The fourth-order valence-corrected chi connectivity index (χ4v) is 3.62. The maximum atomic E-state index is 12.1. The summed E-state index contributed by atoms with van der Waals surface area (Å²) < 4.78 is 27.8. The molecule has 0 amide bonds. The lowest BCUT2D eigenvalue weighted by Crippen LogP contribution is -2.38. The normalized spacial score (nSPS) is 17.9. The van der Waals surface area contributed by atoms with Gasteiger partial charge in [0.1, 0.15) is 0 Å². The Hall–Kier alpha value is -0.590. The van der Waals surface area contributed by atoms with Gasteiger partial charge in [-0.15, -0.1) is 0 Å². The van der Waals surface area contributed by atoms with Crippen LogP contribution >= 0.6 is 15.9 Å². The molecule has 1 aromatic rings. The third-order valence-electron chi connectivity index (χ3n) is 2.83. The number of hydrogen-bond acceptors (Lipinski definition) is 3. The fraction of sp³-hybridized carbons (Fsp3) is 0.455. The SMILES string of the molecule is O=S(=O)(Nc1ccc(Br)cc1)C1CCNCC1. The van der Waals surface area contributed by atoms with Gasteiger partial charge in [-0.2, -0.15) is 0 Å². The second kappa shape index (κ2) is 5.37. The number of hydrogen-bond donors (Lipinski definition) is 2. The maximum Gasteiger partial charge on any atom is 0.235 e. The van der Waals surface area contributed by atoms with Crippen LogP contribution in [0.3, 0.4) is 0 Å². The zero-order chi connectivity index (χ0) is 12.3. The van der Waals surface area contributed by atoms with Gasteiger partial charge in [-0.25, -0.2) is 8.42 Å². The Morgan fingerprint density at radius 2 is 1.76 bits per heavy atom. The quantitative estimate of drug-likeness (QED) is 0.895. The molecule has 0 spiro atoms. The zero-order valence-corrected chi connectivity index (χ0v) is 11.7. The molecule has 1 heterocycles. The van der Waals surface area contributed by atoms with E-state index in [4.69, 9.17) is 0 Å². The van der Waals surface area contributed by atoms with Crippen LogP contribution in [0.15, 0.2) is 28.7 Å². The first-order valence-electron chi connectivity index (χ1n) is 5.56. The standard InChI is InChI=1S/C11H15BrN2O2S/c12-9-1-3-10(4-2-9)14-17(15,16)11-5-7-13-8-6-11/h1-4,11,13-14H,5-8H2. The molecule has 6 heteroatoms. The Labute approximate surface area is 110 Å². The highest BCUT2D eigenvalue weighted by atomic mass is 79.9. The molecule has 1 saturated heterocycles. The molecule has 1 aromatic carbocycles. The Morgan fingerprint density at radius 3 is 2.35 bits per heavy atom. The Bertz CT molecular complexity index is 467. The van der Waals surface area contributed by atoms with Gasteiger partial charge in [-0.3, -0.25) is 4.72 Å². The third kappa shape index (κ3) is 3.43. The van der Waals surface area contributed by atoms with Gasteiger partial charge in [-0.1, -0.05) is 15.9 Å². The van der Waals surface area contributed by atoms with Gasteiger partial charge in [0.05, 0.1) is 5.25 Å². The first-order chi connectivity index (χ1) is 8.08. The molecule has 1 fully saturated rings. The van der Waals surface area contributed by atoms with Crippen molar-refractivity contribution in [2.75, 3.05) is 17.8 Å². The highest BCUT2D eigenvalue weighted by Crippen LogP contribution is 2.19. The van der Waals surface area contributed by atoms with E-state index in [0.29, 0.717) is 18.5 Å². The van der Waals surface area contributed by atoms with Crippen LogP contribution in [0.1, 0.15) is 12.8 Å². The van der Waals surface area contributed by atoms with E-state index >= 15 is 0 Å². The predicted octanol–water partition coefficient (Wildman–Crippen LogP) is 1.94. The molecule has 94 valence electrons. The van der Waals surface area contributed by atoms with E-state index < -0.39 is 10.0 Å². The monoisotopic (exact) mass is 318 g/mol. The van der Waals surface area contributed by atoms with Gasteiger partial charge in [0.15, 0.2) is 0 Å². The summed E-state index contributed by atoms with van der Waals surface area (Å²) in [6, 6.07) is 7.14. The average Bonchev–Trinajstić information content (AvgIpc) is 2.33. The topological polar surface area (TPSA) is 58.2 Å². The lowest BCUT2D eigenvalue weighted by atomic mass is 10.2. The van der Waals surface area contributed by atoms with Crippen LogP contribution < -0.4 is 10.0 Å². The second-order valence-corrected chi connectivity index (χ2v) is 6.98. The van der Waals surface area contributed by atoms with Crippen LogP contribution in [0.4, 0.5) is 5.69 Å². The van der Waals surface area contributed by atoms with Crippen molar-refractivity contribution in [1.82, 2.24) is 5.32 Å². The highest BCUT2D eigenvalue weighted by Gasteiger charge is 2.26. The Morgan fingerprint density at radius 1 is 1.18 bits per heavy atom. The van der Waals surface area contributed by atoms with Crippen molar-refractivity contribution in [3.05, 3.63) is 28.7 Å². The molecule has 0 aliphatic carbocycles. The lowest BCUT2D eigenvalue weighted by molar-refractivity contribution is 0.499. The smallest absolute Gasteiger partial charge is 0.235 e. The summed E-state index contributed by atoms with van der Waals surface area (Å²) in [5.74, 6) is 0. The number of anilines is 1. The zero-order valence-electron chi connectivity index (χ0n) is 9.32. The number of benzene rings is 1. The number of rotatable bonds is 3. The molecule has 1 aliphatic rings. The summed E-state index contributed by atoms with van der Waals surface area (Å²) >= 11 is 3.32. The first-order valence-corrected chi connectivity index (χ1v) is 7.90. The molecular weight excluding hydrogens is 304 g/mol. The molecular formula is C11H15BrN2O2S. The van der Waals surface area contributed by atoms with Crippen LogP contribution in [0, 0.1) is 0 Å². The van der Waals surface area contributed by atoms with Crippen LogP contribution in [-0.4, -0.2) is 26.8 Å². The van der Waals surface area contributed by atoms with Crippen molar-refractivity contribution in [2.45, 2.75) is 18.1 Å². The Balaban J connectivity index is 2.08. The number of sulfonamides is 1. The molecule has 0 radical (unpaired) electrons. The van der Waals surface area contributed by atoms with Crippen LogP contribution in [0.2, 0.25) is 0 Å². The summed E-state index contributed by atoms with van der Waals surface area (Å²) in [4.78, 5) is 0. The summed E-state index contributed by atoms with van der Waals surface area (Å²) in [5.41, 5.74) is 0.617. The molecule has 0 bridgehead atoms. The van der Waals surface area contributed by atoms with Crippen molar-refractivity contribution in [1.29, 1.82) is 0 Å². The third-order valence-corrected chi connectivity index (χ3v) is 5.23. The molecule has 0 atom stereocenters. The summed E-state index contributed by atoms with van der Waals surface area (Å²) in [6.45, 7) is 1.54. The van der Waals surface area contributed by atoms with E-state index in [2.05, 4.69) is 26.0 Å². The van der Waals surface area contributed by atoms with Crippen molar-refractivity contribution in [2.24, 2.45) is 0 Å². The lowest BCUT2D eigenvalue weighted by Gasteiger charge is -2.23. The van der Waals surface area contributed by atoms with Crippen LogP contribution in [0.25, 0.3) is 0 Å². The van der Waals surface area contributed by atoms with Gasteiger partial charge in [0.25, 0.3) is 0 Å². The van der Waals surface area contributed by atoms with Crippen LogP contribution in [-0.2, 0) is 10.0 Å². The minimum absolute atomic E-state index is 0.285. The number of halogens is 1. The van der Waals surface area contributed by atoms with Gasteiger partial charge in [0.2, 0.25) is 10.0 Å². The largest absolute Gasteiger partial charge is 0.317 e. The molecule has 2 N–H and O–H groups in total. The van der Waals surface area contributed by atoms with Crippen molar-refractivity contribution in [3.63, 3.8) is 0 Å². The van der Waals surface area contributed by atoms with Gasteiger partial charge < -0.3 is 5.32 Å². The van der Waals surface area contributed by atoms with Gasteiger partial charge >= 0.3 is 0 Å². The minimum atomic E-state index is -3.25. The molecule has 2 rings (SSSR count). The average molecular weight is 319 g/mol. The van der Waals surface area contributed by atoms with Crippen molar-refractivity contribution >= 4 is 31.6 Å². The molecule has 0 saturated carbocycles. The predicted molar refractivity (Wildman–Crippen MR) is 72.6 cm³/mol. The van der Waals surface area contributed by atoms with E-state index in [9.17, 15) is 8.42 Å². The van der Waals surface area contributed by atoms with Gasteiger partial charge in [-0.05, 0) is 50.2 Å². The Kier molecular flexibility index (Phi) is 4.06. The van der Waals surface area contributed by atoms with E-state index in [1.54, 1.807) is 12.1 Å². The highest BCUT2D eigenvalue weighted by molar-refractivity contribution is 9.10. The fourth-order valence-electron chi connectivity index (χ4n) is 1.87. The number of nitrogens with one attached hydrogen (secondary N) is 2. The number of piperidine rings is 1. The van der Waals surface area contributed by atoms with E-state index in [-0.39, 0.29) is 5.25 Å².